The molecule has 0 fully saturated rings. The number of nitrogens with zero attached hydrogens (tertiary/aromatic N) is 1. The molecule has 1 aliphatic heterocycles. The molecule has 2 atom stereocenters. The predicted octanol–water partition coefficient (Wildman–Crippen LogP) is 2.34. The molecule has 0 bridgehead atoms. The standard InChI is InChI=1S/C15H22N2O/c1-10(2)14(16)15(18)17-11(3)8-9-12-6-4-5-7-13(12)17/h4-7,10-11,14H,8-9,16H2,1-3H3/t11?,14-/m1/s1. The second-order valence-corrected chi connectivity index (χ2v) is 5.49. The van der Waals surface area contributed by atoms with Gasteiger partial charge in [0, 0.05) is 11.7 Å². The molecule has 3 nitrogen and oxygen atoms in total. The third-order valence-electron chi connectivity index (χ3n) is 3.76. The molecule has 0 saturated heterocycles. The van der Waals surface area contributed by atoms with Crippen LogP contribution in [0.4, 0.5) is 5.69 Å². The molecule has 0 saturated carbocycles. The topological polar surface area (TPSA) is 46.3 Å². The smallest absolute Gasteiger partial charge is 0.244 e. The number of aryl methyl sites for hydroxylation is 1. The maximum atomic E-state index is 12.5. The van der Waals surface area contributed by atoms with E-state index in [0.29, 0.717) is 0 Å². The van der Waals surface area contributed by atoms with Crippen molar-refractivity contribution in [2.45, 2.75) is 45.7 Å². The van der Waals surface area contributed by atoms with Crippen molar-refractivity contribution in [3.8, 4) is 0 Å². The van der Waals surface area contributed by atoms with Gasteiger partial charge in [0.25, 0.3) is 0 Å². The minimum Gasteiger partial charge on any atom is -0.320 e. The van der Waals surface area contributed by atoms with E-state index in [4.69, 9.17) is 5.73 Å². The second kappa shape index (κ2) is 5.11. The molecular weight excluding hydrogens is 224 g/mol. The average Bonchev–Trinajstić information content (AvgIpc) is 2.37. The first-order valence-electron chi connectivity index (χ1n) is 6.69. The first kappa shape index (κ1) is 13.1. The molecule has 0 aromatic heterocycles. The monoisotopic (exact) mass is 246 g/mol. The van der Waals surface area contributed by atoms with Crippen molar-refractivity contribution in [2.24, 2.45) is 11.7 Å². The van der Waals surface area contributed by atoms with E-state index in [9.17, 15) is 4.79 Å². The molecule has 1 aliphatic rings. The first-order chi connectivity index (χ1) is 8.52. The molecule has 98 valence electrons. The lowest BCUT2D eigenvalue weighted by molar-refractivity contribution is -0.121. The van der Waals surface area contributed by atoms with Gasteiger partial charge in [0.05, 0.1) is 6.04 Å². The Balaban J connectivity index is 2.35. The van der Waals surface area contributed by atoms with Gasteiger partial charge in [-0.2, -0.15) is 0 Å². The molecule has 2 N–H and O–H groups in total. The number of carbonyl (C=O) groups excluding carboxylic acids is 1. The largest absolute Gasteiger partial charge is 0.320 e. The summed E-state index contributed by atoms with van der Waals surface area (Å²) in [6.45, 7) is 6.08. The molecule has 1 unspecified atom stereocenters. The highest BCUT2D eigenvalue weighted by Crippen LogP contribution is 2.31. The quantitative estimate of drug-likeness (QED) is 0.870. The van der Waals surface area contributed by atoms with E-state index >= 15 is 0 Å². The van der Waals surface area contributed by atoms with E-state index < -0.39 is 6.04 Å². The number of para-hydroxylation sites is 1. The highest BCUT2D eigenvalue weighted by Gasteiger charge is 2.31. The van der Waals surface area contributed by atoms with Crippen LogP contribution in [0.25, 0.3) is 0 Å². The van der Waals surface area contributed by atoms with E-state index in [0.717, 1.165) is 18.5 Å². The number of benzene rings is 1. The van der Waals surface area contributed by atoms with Crippen LogP contribution in [0.1, 0.15) is 32.8 Å². The predicted molar refractivity (Wildman–Crippen MR) is 74.5 cm³/mol. The number of anilines is 1. The fraction of sp³-hybridized carbons (Fsp3) is 0.533. The number of amides is 1. The highest BCUT2D eigenvalue weighted by atomic mass is 16.2. The number of hydrogen-bond donors (Lipinski definition) is 1. The Morgan fingerprint density at radius 1 is 1.39 bits per heavy atom. The maximum absolute atomic E-state index is 12.5. The summed E-state index contributed by atoms with van der Waals surface area (Å²) in [4.78, 5) is 14.4. The van der Waals surface area contributed by atoms with Crippen LogP contribution in [0.2, 0.25) is 0 Å². The molecule has 0 aliphatic carbocycles. The molecule has 0 spiro atoms. The summed E-state index contributed by atoms with van der Waals surface area (Å²) < 4.78 is 0. The summed E-state index contributed by atoms with van der Waals surface area (Å²) in [7, 11) is 0. The van der Waals surface area contributed by atoms with Gasteiger partial charge in [0.2, 0.25) is 5.91 Å². The van der Waals surface area contributed by atoms with Crippen LogP contribution in [0.15, 0.2) is 24.3 Å². The Labute approximate surface area is 109 Å². The number of carbonyl (C=O) groups is 1. The van der Waals surface area contributed by atoms with E-state index in [1.165, 1.54) is 5.56 Å². The Kier molecular flexibility index (Phi) is 3.71. The van der Waals surface area contributed by atoms with Crippen molar-refractivity contribution in [3.63, 3.8) is 0 Å². The molecule has 1 amide bonds. The summed E-state index contributed by atoms with van der Waals surface area (Å²) in [5.74, 6) is 0.212. The van der Waals surface area contributed by atoms with Gasteiger partial charge < -0.3 is 10.6 Å². The fourth-order valence-electron chi connectivity index (χ4n) is 2.47. The summed E-state index contributed by atoms with van der Waals surface area (Å²) in [5.41, 5.74) is 8.31. The van der Waals surface area contributed by atoms with Crippen molar-refractivity contribution in [2.75, 3.05) is 4.90 Å². The normalized spacial score (nSPS) is 20.7. The van der Waals surface area contributed by atoms with E-state index in [2.05, 4.69) is 13.0 Å². The number of rotatable bonds is 2. The van der Waals surface area contributed by atoms with Crippen LogP contribution in [0, 0.1) is 5.92 Å². The van der Waals surface area contributed by atoms with Crippen molar-refractivity contribution < 1.29 is 4.79 Å². The molecule has 2 rings (SSSR count). The minimum atomic E-state index is -0.418. The van der Waals surface area contributed by atoms with Gasteiger partial charge in [-0.25, -0.2) is 0 Å². The minimum absolute atomic E-state index is 0.0460. The zero-order valence-corrected chi connectivity index (χ0v) is 11.4. The number of fused-ring (bicyclic) bond motifs is 1. The van der Waals surface area contributed by atoms with Crippen LogP contribution < -0.4 is 10.6 Å². The fourth-order valence-corrected chi connectivity index (χ4v) is 2.47. The second-order valence-electron chi connectivity index (χ2n) is 5.49. The first-order valence-corrected chi connectivity index (χ1v) is 6.69. The Hall–Kier alpha value is -1.35. The van der Waals surface area contributed by atoms with Crippen LogP contribution in [-0.4, -0.2) is 18.0 Å². The van der Waals surface area contributed by atoms with Crippen LogP contribution in [0.5, 0.6) is 0 Å². The number of nitrogens with two attached hydrogens (primary N) is 1. The zero-order valence-electron chi connectivity index (χ0n) is 11.4. The van der Waals surface area contributed by atoms with Crippen LogP contribution in [-0.2, 0) is 11.2 Å². The molecule has 1 aromatic carbocycles. The molecular formula is C15H22N2O. The Morgan fingerprint density at radius 3 is 2.72 bits per heavy atom. The molecule has 0 radical (unpaired) electrons. The average molecular weight is 246 g/mol. The van der Waals surface area contributed by atoms with E-state index in [1.54, 1.807) is 0 Å². The summed E-state index contributed by atoms with van der Waals surface area (Å²) in [6, 6.07) is 7.95. The van der Waals surface area contributed by atoms with Crippen LogP contribution in [0.3, 0.4) is 0 Å². The number of hydrogen-bond acceptors (Lipinski definition) is 2. The lowest BCUT2D eigenvalue weighted by Crippen LogP contribution is -2.51. The van der Waals surface area contributed by atoms with Crippen molar-refractivity contribution in [1.82, 2.24) is 0 Å². The Bertz CT molecular complexity index is 442. The lowest BCUT2D eigenvalue weighted by Gasteiger charge is -2.37. The van der Waals surface area contributed by atoms with Gasteiger partial charge in [-0.1, -0.05) is 32.0 Å². The summed E-state index contributed by atoms with van der Waals surface area (Å²) in [6.07, 6.45) is 2.05. The van der Waals surface area contributed by atoms with E-state index in [-0.39, 0.29) is 17.9 Å². The zero-order chi connectivity index (χ0) is 13.3. The van der Waals surface area contributed by atoms with Gasteiger partial charge in [0.15, 0.2) is 0 Å². The van der Waals surface area contributed by atoms with Crippen LogP contribution >= 0.6 is 0 Å². The maximum Gasteiger partial charge on any atom is 0.244 e. The molecule has 1 heterocycles. The van der Waals surface area contributed by atoms with Gasteiger partial charge >= 0.3 is 0 Å². The molecule has 18 heavy (non-hydrogen) atoms. The van der Waals surface area contributed by atoms with E-state index in [1.807, 2.05) is 36.9 Å². The third kappa shape index (κ3) is 2.27. The third-order valence-corrected chi connectivity index (χ3v) is 3.76. The SMILES string of the molecule is CC(C)[C@@H](N)C(=O)N1c2ccccc2CCC1C. The summed E-state index contributed by atoms with van der Waals surface area (Å²) in [5, 5.41) is 0. The van der Waals surface area contributed by atoms with Crippen molar-refractivity contribution in [1.29, 1.82) is 0 Å². The van der Waals surface area contributed by atoms with Gasteiger partial charge in [0.1, 0.15) is 0 Å². The lowest BCUT2D eigenvalue weighted by atomic mass is 9.94. The van der Waals surface area contributed by atoms with Crippen molar-refractivity contribution in [3.05, 3.63) is 29.8 Å². The van der Waals surface area contributed by atoms with Crippen molar-refractivity contribution >= 4 is 11.6 Å². The molecule has 1 aromatic rings. The molecule has 3 heteroatoms. The Morgan fingerprint density at radius 2 is 2.06 bits per heavy atom. The van der Waals surface area contributed by atoms with Gasteiger partial charge in [-0.3, -0.25) is 4.79 Å². The summed E-state index contributed by atoms with van der Waals surface area (Å²) >= 11 is 0. The van der Waals surface area contributed by atoms with Gasteiger partial charge in [-0.15, -0.1) is 0 Å². The highest BCUT2D eigenvalue weighted by molar-refractivity contribution is 5.98. The van der Waals surface area contributed by atoms with Gasteiger partial charge in [-0.05, 0) is 37.3 Å².